The molecule has 8 heteroatoms. The average Bonchev–Trinajstić information content (AvgIpc) is 2.69. The number of hydrogen-bond donors (Lipinski definition) is 2. The molecule has 0 atom stereocenters. The maximum atomic E-state index is 13.4. The van der Waals surface area contributed by atoms with E-state index in [1.165, 1.54) is 12.7 Å². The lowest BCUT2D eigenvalue weighted by Gasteiger charge is -2.15. The van der Waals surface area contributed by atoms with E-state index in [2.05, 4.69) is 27.5 Å². The van der Waals surface area contributed by atoms with E-state index in [0.717, 1.165) is 19.0 Å². The fraction of sp³-hybridized carbons (Fsp3) is 0.238. The van der Waals surface area contributed by atoms with Crippen molar-refractivity contribution in [2.24, 2.45) is 0 Å². The number of hydrogen-bond acceptors (Lipinski definition) is 5. The van der Waals surface area contributed by atoms with Crippen LogP contribution in [0.2, 0.25) is 0 Å². The Bertz CT molecular complexity index is 942. The number of benzene rings is 2. The third-order valence-electron chi connectivity index (χ3n) is 4.20. The Hall–Kier alpha value is -3.29. The lowest BCUT2D eigenvalue weighted by Crippen LogP contribution is -2.12. The fourth-order valence-corrected chi connectivity index (χ4v) is 2.73. The summed E-state index contributed by atoms with van der Waals surface area (Å²) in [5.41, 5.74) is 1.38. The van der Waals surface area contributed by atoms with Crippen molar-refractivity contribution in [3.05, 3.63) is 65.9 Å². The predicted octanol–water partition coefficient (Wildman–Crippen LogP) is 5.94. The number of alkyl halides is 3. The van der Waals surface area contributed by atoms with Crippen LogP contribution in [0.3, 0.4) is 0 Å². The Morgan fingerprint density at radius 3 is 2.14 bits per heavy atom. The third kappa shape index (κ3) is 5.37. The van der Waals surface area contributed by atoms with Crippen LogP contribution in [-0.2, 0) is 12.6 Å². The van der Waals surface area contributed by atoms with Gasteiger partial charge in [-0.3, -0.25) is 0 Å². The topological polar surface area (TPSA) is 59.1 Å². The molecule has 3 rings (SSSR count). The van der Waals surface area contributed by atoms with Crippen molar-refractivity contribution in [3.63, 3.8) is 0 Å². The van der Waals surface area contributed by atoms with E-state index in [1.807, 2.05) is 24.3 Å². The number of anilines is 4. The largest absolute Gasteiger partial charge is 0.497 e. The van der Waals surface area contributed by atoms with Crippen LogP contribution >= 0.6 is 0 Å². The van der Waals surface area contributed by atoms with Gasteiger partial charge < -0.3 is 15.4 Å². The fourth-order valence-electron chi connectivity index (χ4n) is 2.73. The van der Waals surface area contributed by atoms with Gasteiger partial charge in [0.15, 0.2) is 0 Å². The van der Waals surface area contributed by atoms with Crippen LogP contribution in [0.25, 0.3) is 0 Å². The molecule has 2 aromatic carbocycles. The van der Waals surface area contributed by atoms with Crippen molar-refractivity contribution in [2.75, 3.05) is 17.7 Å². The Labute approximate surface area is 167 Å². The molecular weight excluding hydrogens is 381 g/mol. The quantitative estimate of drug-likeness (QED) is 0.512. The van der Waals surface area contributed by atoms with Gasteiger partial charge in [-0.1, -0.05) is 25.5 Å². The van der Waals surface area contributed by atoms with E-state index in [9.17, 15) is 13.2 Å². The van der Waals surface area contributed by atoms with Gasteiger partial charge in [0.25, 0.3) is 0 Å². The van der Waals surface area contributed by atoms with Crippen LogP contribution in [0.1, 0.15) is 24.5 Å². The highest BCUT2D eigenvalue weighted by molar-refractivity contribution is 5.63. The first-order valence-corrected chi connectivity index (χ1v) is 9.10. The summed E-state index contributed by atoms with van der Waals surface area (Å²) in [4.78, 5) is 7.87. The molecule has 152 valence electrons. The normalized spacial score (nSPS) is 11.2. The third-order valence-corrected chi connectivity index (χ3v) is 4.20. The summed E-state index contributed by atoms with van der Waals surface area (Å²) in [6.45, 7) is 2.10. The van der Waals surface area contributed by atoms with Crippen molar-refractivity contribution in [1.82, 2.24) is 9.97 Å². The second kappa shape index (κ2) is 8.81. The smallest absolute Gasteiger partial charge is 0.421 e. The maximum Gasteiger partial charge on any atom is 0.421 e. The molecule has 0 aliphatic rings. The molecule has 5 nitrogen and oxygen atoms in total. The van der Waals surface area contributed by atoms with E-state index in [0.29, 0.717) is 17.1 Å². The van der Waals surface area contributed by atoms with Gasteiger partial charge in [0, 0.05) is 17.6 Å². The van der Waals surface area contributed by atoms with Gasteiger partial charge in [0.1, 0.15) is 17.1 Å². The van der Waals surface area contributed by atoms with Crippen LogP contribution < -0.4 is 15.4 Å². The Morgan fingerprint density at radius 1 is 0.931 bits per heavy atom. The Balaban J connectivity index is 1.86. The van der Waals surface area contributed by atoms with E-state index in [-0.39, 0.29) is 11.8 Å². The number of nitrogens with zero attached hydrogens (tertiary/aromatic N) is 2. The van der Waals surface area contributed by atoms with Gasteiger partial charge >= 0.3 is 6.18 Å². The first-order valence-electron chi connectivity index (χ1n) is 9.10. The number of ether oxygens (including phenoxy) is 1. The maximum absolute atomic E-state index is 13.4. The molecule has 0 radical (unpaired) electrons. The van der Waals surface area contributed by atoms with Crippen molar-refractivity contribution in [3.8, 4) is 5.75 Å². The summed E-state index contributed by atoms with van der Waals surface area (Å²) in [7, 11) is 1.52. The molecule has 0 saturated carbocycles. The highest BCUT2D eigenvalue weighted by Gasteiger charge is 2.35. The first kappa shape index (κ1) is 20.4. The standard InChI is InChI=1S/C21H21F3N4O/c1-3-4-14-5-7-16(8-6-14)27-20-25-13-18(21(22,23)24)19(28-20)26-15-9-11-17(29-2)12-10-15/h5-13H,3-4H2,1-2H3,(H2,25,26,27,28). The number of aryl methyl sites for hydroxylation is 1. The summed E-state index contributed by atoms with van der Waals surface area (Å²) in [5.74, 6) is 0.336. The van der Waals surface area contributed by atoms with Crippen LogP contribution in [0.4, 0.5) is 36.3 Å². The average molecular weight is 402 g/mol. The molecule has 0 unspecified atom stereocenters. The van der Waals surface area contributed by atoms with Crippen LogP contribution in [0, 0.1) is 0 Å². The Kier molecular flexibility index (Phi) is 6.21. The number of halogens is 3. The van der Waals surface area contributed by atoms with Crippen LogP contribution in [0.5, 0.6) is 5.75 Å². The summed E-state index contributed by atoms with van der Waals surface area (Å²) in [6.07, 6.45) is -1.82. The van der Waals surface area contributed by atoms with Crippen molar-refractivity contribution >= 4 is 23.1 Å². The first-order chi connectivity index (χ1) is 13.9. The van der Waals surface area contributed by atoms with Gasteiger partial charge in [-0.2, -0.15) is 18.2 Å². The van der Waals surface area contributed by atoms with Crippen molar-refractivity contribution in [1.29, 1.82) is 0 Å². The number of methoxy groups -OCH3 is 1. The van der Waals surface area contributed by atoms with E-state index in [4.69, 9.17) is 4.74 Å². The zero-order chi connectivity index (χ0) is 20.9. The second-order valence-electron chi connectivity index (χ2n) is 6.38. The molecule has 0 bridgehead atoms. The molecule has 1 aromatic heterocycles. The molecular formula is C21H21F3N4O. The van der Waals surface area contributed by atoms with Gasteiger partial charge in [0.05, 0.1) is 7.11 Å². The summed E-state index contributed by atoms with van der Waals surface area (Å²) in [6, 6.07) is 14.1. The lowest BCUT2D eigenvalue weighted by atomic mass is 10.1. The summed E-state index contributed by atoms with van der Waals surface area (Å²) >= 11 is 0. The minimum absolute atomic E-state index is 0.0669. The number of aromatic nitrogens is 2. The molecule has 0 fully saturated rings. The zero-order valence-electron chi connectivity index (χ0n) is 16.0. The number of nitrogens with one attached hydrogen (secondary N) is 2. The monoisotopic (exact) mass is 402 g/mol. The van der Waals surface area contributed by atoms with Crippen LogP contribution in [0.15, 0.2) is 54.7 Å². The summed E-state index contributed by atoms with van der Waals surface area (Å²) in [5, 5.41) is 5.66. The van der Waals surface area contributed by atoms with E-state index >= 15 is 0 Å². The van der Waals surface area contributed by atoms with Gasteiger partial charge in [-0.15, -0.1) is 0 Å². The zero-order valence-corrected chi connectivity index (χ0v) is 16.0. The van der Waals surface area contributed by atoms with Gasteiger partial charge in [-0.05, 0) is 48.4 Å². The molecule has 0 aliphatic carbocycles. The molecule has 0 spiro atoms. The highest BCUT2D eigenvalue weighted by Crippen LogP contribution is 2.35. The minimum Gasteiger partial charge on any atom is -0.497 e. The molecule has 0 saturated heterocycles. The molecule has 1 heterocycles. The van der Waals surface area contributed by atoms with Gasteiger partial charge in [-0.25, -0.2) is 4.98 Å². The van der Waals surface area contributed by atoms with Crippen molar-refractivity contribution in [2.45, 2.75) is 25.9 Å². The van der Waals surface area contributed by atoms with Crippen LogP contribution in [-0.4, -0.2) is 17.1 Å². The van der Waals surface area contributed by atoms with Gasteiger partial charge in [0.2, 0.25) is 5.95 Å². The Morgan fingerprint density at radius 2 is 1.55 bits per heavy atom. The molecule has 2 N–H and O–H groups in total. The molecule has 3 aromatic rings. The second-order valence-corrected chi connectivity index (χ2v) is 6.38. The molecule has 0 amide bonds. The molecule has 29 heavy (non-hydrogen) atoms. The van der Waals surface area contributed by atoms with Crippen molar-refractivity contribution < 1.29 is 17.9 Å². The molecule has 0 aliphatic heterocycles. The number of rotatable bonds is 7. The van der Waals surface area contributed by atoms with E-state index < -0.39 is 11.7 Å². The highest BCUT2D eigenvalue weighted by atomic mass is 19.4. The summed E-state index contributed by atoms with van der Waals surface area (Å²) < 4.78 is 45.2. The lowest BCUT2D eigenvalue weighted by molar-refractivity contribution is -0.137. The SMILES string of the molecule is CCCc1ccc(Nc2ncc(C(F)(F)F)c(Nc3ccc(OC)cc3)n2)cc1. The van der Waals surface area contributed by atoms with E-state index in [1.54, 1.807) is 24.3 Å². The minimum atomic E-state index is -4.59. The predicted molar refractivity (Wildman–Crippen MR) is 107 cm³/mol.